The Morgan fingerprint density at radius 1 is 1.47 bits per heavy atom. The molecule has 19 heavy (non-hydrogen) atoms. The molecule has 0 spiro atoms. The molecule has 0 aliphatic carbocycles. The molecular weight excluding hydrogens is 326 g/mol. The summed E-state index contributed by atoms with van der Waals surface area (Å²) in [6.45, 7) is 3.88. The minimum Gasteiger partial charge on any atom is -0.496 e. The molecule has 0 bridgehead atoms. The Bertz CT molecular complexity index is 622. The summed E-state index contributed by atoms with van der Waals surface area (Å²) >= 11 is 4.82. The van der Waals surface area contributed by atoms with E-state index >= 15 is 0 Å². The Hall–Kier alpha value is -1.20. The molecule has 0 saturated carbocycles. The number of thiophene rings is 1. The monoisotopic (exact) mass is 339 g/mol. The van der Waals surface area contributed by atoms with Gasteiger partial charge in [0.2, 0.25) is 0 Å². The molecule has 0 atom stereocenters. The van der Waals surface area contributed by atoms with E-state index in [-0.39, 0.29) is 5.78 Å². The van der Waals surface area contributed by atoms with Crippen LogP contribution in [0.2, 0.25) is 0 Å². The fourth-order valence-electron chi connectivity index (χ4n) is 1.97. The molecule has 100 valence electrons. The fourth-order valence-corrected chi connectivity index (χ4v) is 3.51. The normalized spacial score (nSPS) is 10.5. The van der Waals surface area contributed by atoms with Crippen molar-refractivity contribution in [2.24, 2.45) is 0 Å². The SMILES string of the molecule is COc1c(C)cnc(CC(=O)c2sccc2Br)c1C. The molecule has 3 nitrogen and oxygen atoms in total. The lowest BCUT2D eigenvalue weighted by Crippen LogP contribution is -2.07. The highest BCUT2D eigenvalue weighted by Crippen LogP contribution is 2.27. The second-order valence-electron chi connectivity index (χ2n) is 4.24. The number of aryl methyl sites for hydroxylation is 1. The third-order valence-corrected chi connectivity index (χ3v) is 4.83. The van der Waals surface area contributed by atoms with Crippen LogP contribution in [0.15, 0.2) is 22.1 Å². The molecule has 0 unspecified atom stereocenters. The van der Waals surface area contributed by atoms with Gasteiger partial charge in [-0.2, -0.15) is 0 Å². The van der Waals surface area contributed by atoms with Gasteiger partial charge in [0, 0.05) is 21.8 Å². The molecule has 2 aromatic rings. The highest BCUT2D eigenvalue weighted by Gasteiger charge is 2.16. The first kappa shape index (κ1) is 14.2. The number of nitrogens with zero attached hydrogens (tertiary/aromatic N) is 1. The molecule has 0 fully saturated rings. The van der Waals surface area contributed by atoms with Crippen molar-refractivity contribution < 1.29 is 9.53 Å². The average molecular weight is 340 g/mol. The van der Waals surface area contributed by atoms with Crippen LogP contribution < -0.4 is 4.74 Å². The minimum absolute atomic E-state index is 0.0726. The average Bonchev–Trinajstić information content (AvgIpc) is 2.80. The lowest BCUT2D eigenvalue weighted by molar-refractivity contribution is 0.0995. The maximum atomic E-state index is 12.2. The van der Waals surface area contributed by atoms with Gasteiger partial charge in [0.1, 0.15) is 5.75 Å². The fraction of sp³-hybridized carbons (Fsp3) is 0.286. The molecule has 2 rings (SSSR count). The number of pyridine rings is 1. The number of carbonyl (C=O) groups excluding carboxylic acids is 1. The van der Waals surface area contributed by atoms with Gasteiger partial charge in [-0.3, -0.25) is 9.78 Å². The summed E-state index contributed by atoms with van der Waals surface area (Å²) in [5.74, 6) is 0.881. The van der Waals surface area contributed by atoms with Crippen LogP contribution in [-0.4, -0.2) is 17.9 Å². The van der Waals surface area contributed by atoms with Crippen LogP contribution in [0.25, 0.3) is 0 Å². The zero-order valence-electron chi connectivity index (χ0n) is 11.0. The predicted molar refractivity (Wildman–Crippen MR) is 80.3 cm³/mol. The molecule has 2 aromatic heterocycles. The van der Waals surface area contributed by atoms with Gasteiger partial charge in [-0.15, -0.1) is 11.3 Å². The van der Waals surface area contributed by atoms with Crippen molar-refractivity contribution in [3.8, 4) is 5.75 Å². The van der Waals surface area contributed by atoms with Crippen molar-refractivity contribution in [3.05, 3.63) is 43.8 Å². The number of ether oxygens (including phenoxy) is 1. The number of hydrogen-bond acceptors (Lipinski definition) is 4. The van der Waals surface area contributed by atoms with E-state index in [0.717, 1.165) is 31.9 Å². The van der Waals surface area contributed by atoms with Crippen molar-refractivity contribution in [3.63, 3.8) is 0 Å². The Labute approximate surface area is 124 Å². The van der Waals surface area contributed by atoms with Crippen molar-refractivity contribution in [2.45, 2.75) is 20.3 Å². The van der Waals surface area contributed by atoms with Crippen molar-refractivity contribution in [1.29, 1.82) is 0 Å². The van der Waals surface area contributed by atoms with Gasteiger partial charge in [-0.25, -0.2) is 0 Å². The van der Waals surface area contributed by atoms with Crippen molar-refractivity contribution in [1.82, 2.24) is 4.98 Å². The van der Waals surface area contributed by atoms with Gasteiger partial charge in [-0.05, 0) is 41.2 Å². The van der Waals surface area contributed by atoms with Gasteiger partial charge in [-0.1, -0.05) is 0 Å². The summed E-state index contributed by atoms with van der Waals surface area (Å²) in [7, 11) is 1.64. The van der Waals surface area contributed by atoms with E-state index in [2.05, 4.69) is 20.9 Å². The standard InChI is InChI=1S/C14H14BrNO2S/c1-8-7-16-11(9(2)13(8)18-3)6-12(17)14-10(15)4-5-19-14/h4-5,7H,6H2,1-3H3. The first-order valence-corrected chi connectivity index (χ1v) is 7.47. The second kappa shape index (κ2) is 5.84. The third-order valence-electron chi connectivity index (χ3n) is 2.95. The smallest absolute Gasteiger partial charge is 0.179 e. The van der Waals surface area contributed by atoms with E-state index in [1.54, 1.807) is 13.3 Å². The van der Waals surface area contributed by atoms with Crippen LogP contribution in [-0.2, 0) is 6.42 Å². The van der Waals surface area contributed by atoms with Gasteiger partial charge in [0.25, 0.3) is 0 Å². The van der Waals surface area contributed by atoms with E-state index in [1.165, 1.54) is 11.3 Å². The topological polar surface area (TPSA) is 39.2 Å². The summed E-state index contributed by atoms with van der Waals surface area (Å²) < 4.78 is 6.20. The van der Waals surface area contributed by atoms with Crippen LogP contribution in [0.3, 0.4) is 0 Å². The van der Waals surface area contributed by atoms with Crippen LogP contribution in [0.1, 0.15) is 26.5 Å². The number of ketones is 1. The van der Waals surface area contributed by atoms with Crippen molar-refractivity contribution >= 4 is 33.0 Å². The van der Waals surface area contributed by atoms with Crippen LogP contribution in [0.5, 0.6) is 5.75 Å². The van der Waals surface area contributed by atoms with E-state index in [0.29, 0.717) is 6.42 Å². The van der Waals surface area contributed by atoms with Crippen LogP contribution in [0.4, 0.5) is 0 Å². The largest absolute Gasteiger partial charge is 0.496 e. The Balaban J connectivity index is 2.30. The number of hydrogen-bond donors (Lipinski definition) is 0. The molecule has 0 aliphatic rings. The van der Waals surface area contributed by atoms with Gasteiger partial charge in [0.05, 0.1) is 24.1 Å². The zero-order chi connectivity index (χ0) is 14.0. The summed E-state index contributed by atoms with van der Waals surface area (Å²) in [6.07, 6.45) is 2.04. The maximum absolute atomic E-state index is 12.2. The molecule has 0 aliphatic heterocycles. The lowest BCUT2D eigenvalue weighted by atomic mass is 10.1. The van der Waals surface area contributed by atoms with Gasteiger partial charge < -0.3 is 4.74 Å². The number of rotatable bonds is 4. The number of Topliss-reactive ketones (excluding diaryl/α,β-unsaturated/α-hetero) is 1. The number of carbonyl (C=O) groups is 1. The van der Waals surface area contributed by atoms with E-state index in [1.807, 2.05) is 25.3 Å². The lowest BCUT2D eigenvalue weighted by Gasteiger charge is -2.11. The van der Waals surface area contributed by atoms with Crippen LogP contribution >= 0.6 is 27.3 Å². The van der Waals surface area contributed by atoms with Crippen LogP contribution in [0, 0.1) is 13.8 Å². The number of aromatic nitrogens is 1. The summed E-state index contributed by atoms with van der Waals surface area (Å²) in [5, 5.41) is 1.90. The predicted octanol–water partition coefficient (Wildman–Crippen LogP) is 3.96. The maximum Gasteiger partial charge on any atom is 0.179 e. The summed E-state index contributed by atoms with van der Waals surface area (Å²) in [4.78, 5) is 17.3. The Morgan fingerprint density at radius 2 is 2.21 bits per heavy atom. The summed E-state index contributed by atoms with van der Waals surface area (Å²) in [6, 6.07) is 1.88. The van der Waals surface area contributed by atoms with Crippen molar-refractivity contribution in [2.75, 3.05) is 7.11 Å². The first-order chi connectivity index (χ1) is 9.04. The highest BCUT2D eigenvalue weighted by molar-refractivity contribution is 9.10. The molecule has 0 amide bonds. The molecule has 5 heteroatoms. The van der Waals surface area contributed by atoms with E-state index in [9.17, 15) is 4.79 Å². The Kier molecular flexibility index (Phi) is 4.37. The number of halogens is 1. The second-order valence-corrected chi connectivity index (χ2v) is 6.01. The quantitative estimate of drug-likeness (QED) is 0.791. The third kappa shape index (κ3) is 2.87. The molecular formula is C14H14BrNO2S. The molecule has 2 heterocycles. The first-order valence-electron chi connectivity index (χ1n) is 5.79. The minimum atomic E-state index is 0.0726. The number of methoxy groups -OCH3 is 1. The van der Waals surface area contributed by atoms with E-state index in [4.69, 9.17) is 4.74 Å². The molecule has 0 N–H and O–H groups in total. The van der Waals surface area contributed by atoms with Gasteiger partial charge >= 0.3 is 0 Å². The zero-order valence-corrected chi connectivity index (χ0v) is 13.4. The molecule has 0 aromatic carbocycles. The van der Waals surface area contributed by atoms with E-state index < -0.39 is 0 Å². The molecule has 0 radical (unpaired) electrons. The molecule has 0 saturated heterocycles. The Morgan fingerprint density at radius 3 is 2.79 bits per heavy atom. The highest BCUT2D eigenvalue weighted by atomic mass is 79.9. The van der Waals surface area contributed by atoms with Gasteiger partial charge in [0.15, 0.2) is 5.78 Å². The summed E-state index contributed by atoms with van der Waals surface area (Å²) in [5.41, 5.74) is 2.68.